The lowest BCUT2D eigenvalue weighted by molar-refractivity contribution is -0.0327. The van der Waals surface area contributed by atoms with Crippen LogP contribution in [-0.4, -0.2) is 30.8 Å². The van der Waals surface area contributed by atoms with Crippen LogP contribution in [-0.2, 0) is 0 Å². The van der Waals surface area contributed by atoms with Gasteiger partial charge in [0.2, 0.25) is 0 Å². The average Bonchev–Trinajstić information content (AvgIpc) is 2.33. The molecule has 0 atom stereocenters. The summed E-state index contributed by atoms with van der Waals surface area (Å²) in [7, 11) is 1.36. The van der Waals surface area contributed by atoms with E-state index >= 15 is 0 Å². The number of ether oxygens (including phenoxy) is 1. The summed E-state index contributed by atoms with van der Waals surface area (Å²) in [5, 5.41) is 2.38. The topological polar surface area (TPSA) is 64.3 Å². The number of carbonyl (C=O) groups excluding carboxylic acids is 1. The zero-order chi connectivity index (χ0) is 14.5. The standard InChI is InChI=1S/C11H13F3N2O2S/c1-18-9-7(3-2-4-8(9)15)10(17)16-5-6-19-11(12,13)14/h2-4H,5-6,15H2,1H3,(H,16,17). The minimum atomic E-state index is -4.29. The molecule has 106 valence electrons. The van der Waals surface area contributed by atoms with Gasteiger partial charge in [-0.15, -0.1) is 0 Å². The molecule has 0 fully saturated rings. The van der Waals surface area contributed by atoms with Crippen molar-refractivity contribution >= 4 is 23.4 Å². The number of nitrogens with one attached hydrogen (secondary N) is 1. The van der Waals surface area contributed by atoms with E-state index in [9.17, 15) is 18.0 Å². The quantitative estimate of drug-likeness (QED) is 0.646. The lowest BCUT2D eigenvalue weighted by Gasteiger charge is -2.11. The average molecular weight is 294 g/mol. The third kappa shape index (κ3) is 4.90. The molecule has 0 saturated carbocycles. The smallest absolute Gasteiger partial charge is 0.441 e. The van der Waals surface area contributed by atoms with E-state index in [2.05, 4.69) is 5.32 Å². The van der Waals surface area contributed by atoms with Crippen LogP contribution in [0.2, 0.25) is 0 Å². The molecule has 0 saturated heterocycles. The van der Waals surface area contributed by atoms with Crippen molar-refractivity contribution in [3.05, 3.63) is 23.8 Å². The Kier molecular flexibility index (Phi) is 5.34. The summed E-state index contributed by atoms with van der Waals surface area (Å²) in [5.41, 5.74) is 1.82. The first-order valence-corrected chi connectivity index (χ1v) is 6.25. The highest BCUT2D eigenvalue weighted by Crippen LogP contribution is 2.29. The van der Waals surface area contributed by atoms with E-state index in [0.29, 0.717) is 5.69 Å². The van der Waals surface area contributed by atoms with Crippen LogP contribution in [0, 0.1) is 0 Å². The fourth-order valence-electron chi connectivity index (χ4n) is 1.39. The number of benzene rings is 1. The first kappa shape index (κ1) is 15.5. The predicted molar refractivity (Wildman–Crippen MR) is 68.3 cm³/mol. The molecule has 1 aromatic carbocycles. The number of thioether (sulfide) groups is 1. The van der Waals surface area contributed by atoms with Crippen molar-refractivity contribution < 1.29 is 22.7 Å². The van der Waals surface area contributed by atoms with Gasteiger partial charge in [0.1, 0.15) is 0 Å². The van der Waals surface area contributed by atoms with Gasteiger partial charge in [-0.2, -0.15) is 13.2 Å². The number of alkyl halides is 3. The Morgan fingerprint density at radius 1 is 1.47 bits per heavy atom. The highest BCUT2D eigenvalue weighted by Gasteiger charge is 2.27. The molecule has 0 unspecified atom stereocenters. The highest BCUT2D eigenvalue weighted by molar-refractivity contribution is 8.00. The van der Waals surface area contributed by atoms with Gasteiger partial charge in [0.25, 0.3) is 5.91 Å². The molecular formula is C11H13F3N2O2S. The number of methoxy groups -OCH3 is 1. The van der Waals surface area contributed by atoms with Crippen LogP contribution in [0.5, 0.6) is 5.75 Å². The van der Waals surface area contributed by atoms with Crippen molar-refractivity contribution in [2.24, 2.45) is 0 Å². The van der Waals surface area contributed by atoms with Gasteiger partial charge in [-0.3, -0.25) is 4.79 Å². The van der Waals surface area contributed by atoms with Crippen LogP contribution in [0.4, 0.5) is 18.9 Å². The summed E-state index contributed by atoms with van der Waals surface area (Å²) >= 11 is -0.187. The van der Waals surface area contributed by atoms with Gasteiger partial charge < -0.3 is 15.8 Å². The summed E-state index contributed by atoms with van der Waals surface area (Å²) in [4.78, 5) is 11.8. The van der Waals surface area contributed by atoms with Crippen molar-refractivity contribution in [3.63, 3.8) is 0 Å². The molecule has 3 N–H and O–H groups in total. The van der Waals surface area contributed by atoms with Crippen LogP contribution in [0.25, 0.3) is 0 Å². The van der Waals surface area contributed by atoms with Gasteiger partial charge in [-0.05, 0) is 23.9 Å². The van der Waals surface area contributed by atoms with Gasteiger partial charge in [-0.25, -0.2) is 0 Å². The summed E-state index contributed by atoms with van der Waals surface area (Å²) in [6.45, 7) is -0.0963. The van der Waals surface area contributed by atoms with Crippen LogP contribution < -0.4 is 15.8 Å². The van der Waals surface area contributed by atoms with Crippen molar-refractivity contribution in [2.45, 2.75) is 5.51 Å². The Balaban J connectivity index is 2.57. The lowest BCUT2D eigenvalue weighted by Crippen LogP contribution is -2.27. The molecule has 1 amide bonds. The first-order valence-electron chi connectivity index (χ1n) is 5.26. The number of para-hydroxylation sites is 1. The Morgan fingerprint density at radius 3 is 2.74 bits per heavy atom. The first-order chi connectivity index (χ1) is 8.85. The molecule has 1 rings (SSSR count). The molecule has 0 aliphatic carbocycles. The van der Waals surface area contributed by atoms with E-state index in [1.807, 2.05) is 0 Å². The number of nitrogen functional groups attached to an aromatic ring is 1. The van der Waals surface area contributed by atoms with E-state index in [0.717, 1.165) is 0 Å². The summed E-state index contributed by atoms with van der Waals surface area (Å²) in [5.74, 6) is -0.560. The number of amides is 1. The molecule has 0 aliphatic heterocycles. The highest BCUT2D eigenvalue weighted by atomic mass is 32.2. The zero-order valence-electron chi connectivity index (χ0n) is 10.1. The summed E-state index contributed by atoms with van der Waals surface area (Å²) in [6, 6.07) is 4.62. The lowest BCUT2D eigenvalue weighted by atomic mass is 10.1. The molecule has 0 aliphatic rings. The number of rotatable bonds is 5. The number of nitrogens with two attached hydrogens (primary N) is 1. The van der Waals surface area contributed by atoms with Gasteiger partial charge in [0.15, 0.2) is 5.75 Å². The Labute approximate surface area is 112 Å². The summed E-state index contributed by atoms with van der Waals surface area (Å²) < 4.78 is 40.7. The second-order valence-corrected chi connectivity index (χ2v) is 4.64. The van der Waals surface area contributed by atoms with Crippen LogP contribution in [0.3, 0.4) is 0 Å². The monoisotopic (exact) mass is 294 g/mol. The minimum Gasteiger partial charge on any atom is -0.494 e. The van der Waals surface area contributed by atoms with E-state index < -0.39 is 11.4 Å². The maximum atomic E-state index is 11.9. The molecule has 0 aromatic heterocycles. The maximum absolute atomic E-state index is 11.9. The van der Waals surface area contributed by atoms with Crippen molar-refractivity contribution in [3.8, 4) is 5.75 Å². The number of carbonyl (C=O) groups is 1. The van der Waals surface area contributed by atoms with E-state index in [1.165, 1.54) is 13.2 Å². The maximum Gasteiger partial charge on any atom is 0.441 e. The van der Waals surface area contributed by atoms with Crippen molar-refractivity contribution in [1.29, 1.82) is 0 Å². The molecule has 1 aromatic rings. The molecule has 0 heterocycles. The number of hydrogen-bond donors (Lipinski definition) is 2. The fourth-order valence-corrected chi connectivity index (χ4v) is 1.82. The Hall–Kier alpha value is -1.57. The second-order valence-electron chi connectivity index (χ2n) is 3.48. The zero-order valence-corrected chi connectivity index (χ0v) is 10.9. The van der Waals surface area contributed by atoms with Crippen LogP contribution in [0.15, 0.2) is 18.2 Å². The van der Waals surface area contributed by atoms with Gasteiger partial charge >= 0.3 is 5.51 Å². The van der Waals surface area contributed by atoms with Gasteiger partial charge in [0.05, 0.1) is 18.4 Å². The van der Waals surface area contributed by atoms with Crippen LogP contribution >= 0.6 is 11.8 Å². The fraction of sp³-hybridized carbons (Fsp3) is 0.364. The molecule has 8 heteroatoms. The third-order valence-corrected chi connectivity index (χ3v) is 2.88. The van der Waals surface area contributed by atoms with Gasteiger partial charge in [-0.1, -0.05) is 6.07 Å². The van der Waals surface area contributed by atoms with Crippen molar-refractivity contribution in [2.75, 3.05) is 25.1 Å². The summed E-state index contributed by atoms with van der Waals surface area (Å²) in [6.07, 6.45) is 0. The number of anilines is 1. The SMILES string of the molecule is COc1c(N)cccc1C(=O)NCCSC(F)(F)F. The Morgan fingerprint density at radius 2 is 2.16 bits per heavy atom. The van der Waals surface area contributed by atoms with Crippen LogP contribution in [0.1, 0.15) is 10.4 Å². The normalized spacial score (nSPS) is 11.2. The largest absolute Gasteiger partial charge is 0.494 e. The molecular weight excluding hydrogens is 281 g/mol. The molecule has 0 radical (unpaired) electrons. The molecule has 19 heavy (non-hydrogen) atoms. The molecule has 0 bridgehead atoms. The third-order valence-electron chi connectivity index (χ3n) is 2.15. The second kappa shape index (κ2) is 6.55. The molecule has 0 spiro atoms. The molecule has 4 nitrogen and oxygen atoms in total. The number of hydrogen-bond acceptors (Lipinski definition) is 4. The van der Waals surface area contributed by atoms with E-state index in [1.54, 1.807) is 12.1 Å². The predicted octanol–water partition coefficient (Wildman–Crippen LogP) is 2.26. The van der Waals surface area contributed by atoms with E-state index in [4.69, 9.17) is 10.5 Å². The van der Waals surface area contributed by atoms with Gasteiger partial charge in [0, 0.05) is 12.3 Å². The Bertz CT molecular complexity index is 452. The van der Waals surface area contributed by atoms with Crippen molar-refractivity contribution in [1.82, 2.24) is 5.32 Å². The minimum absolute atomic E-state index is 0.0963. The van der Waals surface area contributed by atoms with E-state index in [-0.39, 0.29) is 35.4 Å². The number of halogens is 3.